The standard InChI is InChI=1S/C16H16FNO2/c17-14-6-4-12(5-7-14)8-9-18-16(20)11-13-2-1-3-15(19)10-13/h1-7,10,19H,8-9,11H2,(H,18,20). The molecule has 0 unspecified atom stereocenters. The molecule has 0 saturated heterocycles. The van der Waals surface area contributed by atoms with Crippen LogP contribution in [0.1, 0.15) is 11.1 Å². The van der Waals surface area contributed by atoms with Crippen molar-refractivity contribution in [3.8, 4) is 5.75 Å². The zero-order valence-corrected chi connectivity index (χ0v) is 11.0. The second kappa shape index (κ2) is 6.70. The van der Waals surface area contributed by atoms with Crippen molar-refractivity contribution < 1.29 is 14.3 Å². The van der Waals surface area contributed by atoms with Crippen LogP contribution in [-0.2, 0) is 17.6 Å². The van der Waals surface area contributed by atoms with Gasteiger partial charge >= 0.3 is 0 Å². The molecule has 2 rings (SSSR count). The molecule has 0 spiro atoms. The van der Waals surface area contributed by atoms with Crippen molar-refractivity contribution in [2.45, 2.75) is 12.8 Å². The third-order valence-electron chi connectivity index (χ3n) is 2.92. The van der Waals surface area contributed by atoms with Crippen molar-refractivity contribution in [3.63, 3.8) is 0 Å². The minimum Gasteiger partial charge on any atom is -0.508 e. The molecule has 0 atom stereocenters. The molecule has 0 bridgehead atoms. The van der Waals surface area contributed by atoms with Crippen LogP contribution in [0.25, 0.3) is 0 Å². The lowest BCUT2D eigenvalue weighted by molar-refractivity contribution is -0.120. The van der Waals surface area contributed by atoms with Crippen molar-refractivity contribution >= 4 is 5.91 Å². The molecule has 0 aromatic heterocycles. The van der Waals surface area contributed by atoms with Gasteiger partial charge in [-0.1, -0.05) is 24.3 Å². The Kier molecular flexibility index (Phi) is 4.71. The molecule has 0 saturated carbocycles. The van der Waals surface area contributed by atoms with Crippen molar-refractivity contribution in [3.05, 3.63) is 65.5 Å². The van der Waals surface area contributed by atoms with Gasteiger partial charge in [0.15, 0.2) is 0 Å². The highest BCUT2D eigenvalue weighted by molar-refractivity contribution is 5.78. The summed E-state index contributed by atoms with van der Waals surface area (Å²) < 4.78 is 12.7. The first kappa shape index (κ1) is 14.1. The predicted molar refractivity (Wildman–Crippen MR) is 74.9 cm³/mol. The number of halogens is 1. The normalized spacial score (nSPS) is 10.2. The lowest BCUT2D eigenvalue weighted by Gasteiger charge is -2.06. The molecule has 2 N–H and O–H groups in total. The van der Waals surface area contributed by atoms with Gasteiger partial charge in [-0.25, -0.2) is 4.39 Å². The average Bonchev–Trinajstić information content (AvgIpc) is 2.41. The molecule has 0 fully saturated rings. The van der Waals surface area contributed by atoms with E-state index in [2.05, 4.69) is 5.32 Å². The first-order valence-corrected chi connectivity index (χ1v) is 6.42. The minimum atomic E-state index is -0.262. The molecular formula is C16H16FNO2. The van der Waals surface area contributed by atoms with Gasteiger partial charge in [-0.2, -0.15) is 0 Å². The van der Waals surface area contributed by atoms with Crippen LogP contribution in [-0.4, -0.2) is 17.6 Å². The number of phenolic OH excluding ortho intramolecular Hbond substituents is 1. The Labute approximate surface area is 117 Å². The first-order chi connectivity index (χ1) is 9.63. The summed E-state index contributed by atoms with van der Waals surface area (Å²) in [6.07, 6.45) is 0.893. The zero-order chi connectivity index (χ0) is 14.4. The molecule has 0 aliphatic rings. The SMILES string of the molecule is O=C(Cc1cccc(O)c1)NCCc1ccc(F)cc1. The van der Waals surface area contributed by atoms with Gasteiger partial charge in [-0.3, -0.25) is 4.79 Å². The molecular weight excluding hydrogens is 257 g/mol. The fraction of sp³-hybridized carbons (Fsp3) is 0.188. The lowest BCUT2D eigenvalue weighted by atomic mass is 10.1. The third-order valence-corrected chi connectivity index (χ3v) is 2.92. The van der Waals surface area contributed by atoms with Crippen LogP contribution in [0.5, 0.6) is 5.75 Å². The Morgan fingerprint density at radius 3 is 2.55 bits per heavy atom. The van der Waals surface area contributed by atoms with E-state index in [0.717, 1.165) is 11.1 Å². The second-order valence-electron chi connectivity index (χ2n) is 4.57. The summed E-state index contributed by atoms with van der Waals surface area (Å²) in [5.41, 5.74) is 1.74. The van der Waals surface area contributed by atoms with Gasteiger partial charge in [-0.15, -0.1) is 0 Å². The molecule has 0 radical (unpaired) electrons. The highest BCUT2D eigenvalue weighted by Gasteiger charge is 2.03. The van der Waals surface area contributed by atoms with Crippen LogP contribution in [0.3, 0.4) is 0 Å². The van der Waals surface area contributed by atoms with E-state index in [1.165, 1.54) is 12.1 Å². The van der Waals surface area contributed by atoms with Crippen molar-refractivity contribution in [1.29, 1.82) is 0 Å². The zero-order valence-electron chi connectivity index (χ0n) is 11.0. The fourth-order valence-electron chi connectivity index (χ4n) is 1.91. The quantitative estimate of drug-likeness (QED) is 0.879. The summed E-state index contributed by atoms with van der Waals surface area (Å²) in [5, 5.41) is 12.1. The molecule has 104 valence electrons. The first-order valence-electron chi connectivity index (χ1n) is 6.42. The molecule has 4 heteroatoms. The fourth-order valence-corrected chi connectivity index (χ4v) is 1.91. The number of hydrogen-bond acceptors (Lipinski definition) is 2. The van der Waals surface area contributed by atoms with Crippen LogP contribution in [0.2, 0.25) is 0 Å². The van der Waals surface area contributed by atoms with Crippen LogP contribution in [0.15, 0.2) is 48.5 Å². The predicted octanol–water partition coefficient (Wildman–Crippen LogP) is 2.43. The molecule has 3 nitrogen and oxygen atoms in total. The lowest BCUT2D eigenvalue weighted by Crippen LogP contribution is -2.27. The number of aromatic hydroxyl groups is 1. The van der Waals surface area contributed by atoms with Crippen LogP contribution in [0, 0.1) is 5.82 Å². The largest absolute Gasteiger partial charge is 0.508 e. The number of benzene rings is 2. The maximum Gasteiger partial charge on any atom is 0.224 e. The topological polar surface area (TPSA) is 49.3 Å². The van der Waals surface area contributed by atoms with E-state index in [1.54, 1.807) is 36.4 Å². The Balaban J connectivity index is 1.76. The minimum absolute atomic E-state index is 0.0993. The molecule has 1 amide bonds. The Bertz CT molecular complexity index is 581. The summed E-state index contributed by atoms with van der Waals surface area (Å²) in [5.74, 6) is -0.207. The van der Waals surface area contributed by atoms with Gasteiger partial charge in [0.2, 0.25) is 5.91 Å². The van der Waals surface area contributed by atoms with Crippen molar-refractivity contribution in [1.82, 2.24) is 5.32 Å². The maximum atomic E-state index is 12.7. The van der Waals surface area contributed by atoms with Crippen LogP contribution in [0.4, 0.5) is 4.39 Å². The number of carbonyl (C=O) groups is 1. The van der Waals surface area contributed by atoms with Gasteiger partial charge < -0.3 is 10.4 Å². The van der Waals surface area contributed by atoms with Crippen LogP contribution >= 0.6 is 0 Å². The number of amides is 1. The van der Waals surface area contributed by atoms with Crippen molar-refractivity contribution in [2.24, 2.45) is 0 Å². The Morgan fingerprint density at radius 2 is 1.85 bits per heavy atom. The van der Waals surface area contributed by atoms with E-state index in [9.17, 15) is 14.3 Å². The molecule has 2 aromatic carbocycles. The number of hydrogen-bond donors (Lipinski definition) is 2. The molecule has 0 aliphatic heterocycles. The average molecular weight is 273 g/mol. The Morgan fingerprint density at radius 1 is 1.10 bits per heavy atom. The molecule has 20 heavy (non-hydrogen) atoms. The molecule has 0 aliphatic carbocycles. The van der Waals surface area contributed by atoms with Gasteiger partial charge in [-0.05, 0) is 41.8 Å². The van der Waals surface area contributed by atoms with Crippen molar-refractivity contribution in [2.75, 3.05) is 6.54 Å². The number of phenols is 1. The summed E-state index contributed by atoms with van der Waals surface area (Å²) >= 11 is 0. The maximum absolute atomic E-state index is 12.7. The summed E-state index contributed by atoms with van der Waals surface area (Å²) in [4.78, 5) is 11.7. The van der Waals surface area contributed by atoms with E-state index in [-0.39, 0.29) is 23.9 Å². The van der Waals surface area contributed by atoms with E-state index < -0.39 is 0 Å². The van der Waals surface area contributed by atoms with E-state index in [0.29, 0.717) is 13.0 Å². The van der Waals surface area contributed by atoms with Gasteiger partial charge in [0.1, 0.15) is 11.6 Å². The highest BCUT2D eigenvalue weighted by atomic mass is 19.1. The Hall–Kier alpha value is -2.36. The van der Waals surface area contributed by atoms with Gasteiger partial charge in [0.05, 0.1) is 6.42 Å². The van der Waals surface area contributed by atoms with E-state index >= 15 is 0 Å². The molecule has 0 heterocycles. The summed E-state index contributed by atoms with van der Waals surface area (Å²) in [6, 6.07) is 12.9. The summed E-state index contributed by atoms with van der Waals surface area (Å²) in [6.45, 7) is 0.503. The van der Waals surface area contributed by atoms with Gasteiger partial charge in [0, 0.05) is 6.54 Å². The van der Waals surface area contributed by atoms with E-state index in [4.69, 9.17) is 0 Å². The van der Waals surface area contributed by atoms with Crippen LogP contribution < -0.4 is 5.32 Å². The number of carbonyl (C=O) groups excluding carboxylic acids is 1. The van der Waals surface area contributed by atoms with E-state index in [1.807, 2.05) is 0 Å². The number of nitrogens with one attached hydrogen (secondary N) is 1. The monoisotopic (exact) mass is 273 g/mol. The third kappa shape index (κ3) is 4.39. The number of rotatable bonds is 5. The summed E-state index contributed by atoms with van der Waals surface area (Å²) in [7, 11) is 0. The molecule has 2 aromatic rings. The smallest absolute Gasteiger partial charge is 0.224 e. The van der Waals surface area contributed by atoms with Gasteiger partial charge in [0.25, 0.3) is 0 Å². The highest BCUT2D eigenvalue weighted by Crippen LogP contribution is 2.11. The second-order valence-corrected chi connectivity index (χ2v) is 4.57.